The maximum atomic E-state index is 10.8. The summed E-state index contributed by atoms with van der Waals surface area (Å²) in [4.78, 5) is 10.8. The summed E-state index contributed by atoms with van der Waals surface area (Å²) < 4.78 is 0. The molecule has 0 aliphatic rings. The van der Waals surface area contributed by atoms with Crippen molar-refractivity contribution in [2.45, 2.75) is 52.6 Å². The summed E-state index contributed by atoms with van der Waals surface area (Å²) in [6, 6.07) is 0.232. The highest BCUT2D eigenvalue weighted by molar-refractivity contribution is 5.77. The molecule has 0 saturated heterocycles. The highest BCUT2D eigenvalue weighted by Crippen LogP contribution is 2.11. The summed E-state index contributed by atoms with van der Waals surface area (Å²) in [6.45, 7) is 9.63. The molecule has 0 aromatic heterocycles. The Balaban J connectivity index is 4.19. The SMILES string of the molecule is CCC(C)C(C)NC(C)(C)C(=O)O. The van der Waals surface area contributed by atoms with Crippen LogP contribution in [0.25, 0.3) is 0 Å². The van der Waals surface area contributed by atoms with E-state index in [1.54, 1.807) is 13.8 Å². The largest absolute Gasteiger partial charge is 0.480 e. The third-order valence-corrected chi connectivity index (χ3v) is 2.62. The lowest BCUT2D eigenvalue weighted by molar-refractivity contribution is -0.143. The van der Waals surface area contributed by atoms with Gasteiger partial charge in [-0.25, -0.2) is 0 Å². The van der Waals surface area contributed by atoms with Crippen LogP contribution >= 0.6 is 0 Å². The Labute approximate surface area is 80.5 Å². The number of carboxylic acid groups (broad SMARTS) is 1. The Morgan fingerprint density at radius 1 is 1.46 bits per heavy atom. The Hall–Kier alpha value is -0.570. The molecule has 0 aromatic carbocycles. The van der Waals surface area contributed by atoms with Crippen LogP contribution in [0.15, 0.2) is 0 Å². The fourth-order valence-electron chi connectivity index (χ4n) is 1.13. The molecule has 2 N–H and O–H groups in total. The molecule has 78 valence electrons. The topological polar surface area (TPSA) is 49.3 Å². The molecule has 0 spiro atoms. The summed E-state index contributed by atoms with van der Waals surface area (Å²) in [7, 11) is 0. The van der Waals surface area contributed by atoms with Crippen molar-refractivity contribution < 1.29 is 9.90 Å². The van der Waals surface area contributed by atoms with Gasteiger partial charge in [0.05, 0.1) is 0 Å². The Morgan fingerprint density at radius 2 is 1.92 bits per heavy atom. The molecule has 0 aliphatic carbocycles. The van der Waals surface area contributed by atoms with E-state index in [0.717, 1.165) is 6.42 Å². The second-order valence-electron chi connectivity index (χ2n) is 4.25. The van der Waals surface area contributed by atoms with Gasteiger partial charge in [0.25, 0.3) is 0 Å². The van der Waals surface area contributed by atoms with Crippen molar-refractivity contribution in [2.24, 2.45) is 5.92 Å². The maximum absolute atomic E-state index is 10.8. The van der Waals surface area contributed by atoms with E-state index in [2.05, 4.69) is 19.2 Å². The standard InChI is InChI=1S/C10H21NO2/c1-6-7(2)8(3)11-10(4,5)9(12)13/h7-8,11H,6H2,1-5H3,(H,12,13). The molecule has 3 heteroatoms. The third kappa shape index (κ3) is 3.77. The van der Waals surface area contributed by atoms with Crippen LogP contribution in [0.4, 0.5) is 0 Å². The van der Waals surface area contributed by atoms with Gasteiger partial charge in [-0.15, -0.1) is 0 Å². The van der Waals surface area contributed by atoms with Crippen LogP contribution in [0, 0.1) is 5.92 Å². The van der Waals surface area contributed by atoms with Gasteiger partial charge in [-0.05, 0) is 26.7 Å². The Bertz CT molecular complexity index is 178. The Morgan fingerprint density at radius 3 is 2.23 bits per heavy atom. The van der Waals surface area contributed by atoms with Crippen molar-refractivity contribution in [3.63, 3.8) is 0 Å². The predicted octanol–water partition coefficient (Wildman–Crippen LogP) is 1.87. The van der Waals surface area contributed by atoms with Crippen LogP contribution in [0.5, 0.6) is 0 Å². The lowest BCUT2D eigenvalue weighted by atomic mass is 9.96. The number of rotatable bonds is 5. The molecule has 2 unspecified atom stereocenters. The molecule has 0 bridgehead atoms. The highest BCUT2D eigenvalue weighted by Gasteiger charge is 2.29. The minimum Gasteiger partial charge on any atom is -0.480 e. The van der Waals surface area contributed by atoms with Gasteiger partial charge in [-0.1, -0.05) is 20.3 Å². The van der Waals surface area contributed by atoms with E-state index in [-0.39, 0.29) is 6.04 Å². The smallest absolute Gasteiger partial charge is 0.323 e. The first-order valence-corrected chi connectivity index (χ1v) is 4.82. The van der Waals surface area contributed by atoms with Crippen LogP contribution in [-0.2, 0) is 4.79 Å². The zero-order valence-corrected chi connectivity index (χ0v) is 9.22. The first-order chi connectivity index (χ1) is 5.81. The van der Waals surface area contributed by atoms with Crippen molar-refractivity contribution in [3.8, 4) is 0 Å². The molecule has 3 nitrogen and oxygen atoms in total. The van der Waals surface area contributed by atoms with Crippen molar-refractivity contribution in [1.82, 2.24) is 5.32 Å². The van der Waals surface area contributed by atoms with Crippen LogP contribution in [0.3, 0.4) is 0 Å². The van der Waals surface area contributed by atoms with Gasteiger partial charge in [0, 0.05) is 6.04 Å². The first-order valence-electron chi connectivity index (χ1n) is 4.82. The van der Waals surface area contributed by atoms with E-state index < -0.39 is 11.5 Å². The van der Waals surface area contributed by atoms with E-state index in [0.29, 0.717) is 5.92 Å². The number of hydrogen-bond acceptors (Lipinski definition) is 2. The van der Waals surface area contributed by atoms with Crippen LogP contribution < -0.4 is 5.32 Å². The monoisotopic (exact) mass is 187 g/mol. The summed E-state index contributed by atoms with van der Waals surface area (Å²) in [5.41, 5.74) is -0.831. The molecule has 0 aliphatic heterocycles. The summed E-state index contributed by atoms with van der Waals surface area (Å²) in [5.74, 6) is -0.304. The zero-order chi connectivity index (χ0) is 10.6. The van der Waals surface area contributed by atoms with Crippen molar-refractivity contribution in [3.05, 3.63) is 0 Å². The second-order valence-corrected chi connectivity index (χ2v) is 4.25. The first kappa shape index (κ1) is 12.4. The molecule has 13 heavy (non-hydrogen) atoms. The quantitative estimate of drug-likeness (QED) is 0.691. The van der Waals surface area contributed by atoms with Gasteiger partial charge in [-0.2, -0.15) is 0 Å². The van der Waals surface area contributed by atoms with Crippen molar-refractivity contribution in [1.29, 1.82) is 0 Å². The van der Waals surface area contributed by atoms with Gasteiger partial charge in [0.2, 0.25) is 0 Å². The maximum Gasteiger partial charge on any atom is 0.323 e. The molecule has 0 aromatic rings. The summed E-state index contributed by atoms with van der Waals surface area (Å²) in [6.07, 6.45) is 1.06. The van der Waals surface area contributed by atoms with Crippen molar-refractivity contribution >= 4 is 5.97 Å². The number of nitrogens with one attached hydrogen (secondary N) is 1. The molecule has 0 heterocycles. The molecule has 0 rings (SSSR count). The fourth-order valence-corrected chi connectivity index (χ4v) is 1.13. The zero-order valence-electron chi connectivity index (χ0n) is 9.22. The third-order valence-electron chi connectivity index (χ3n) is 2.62. The van der Waals surface area contributed by atoms with Gasteiger partial charge < -0.3 is 5.11 Å². The normalized spacial score (nSPS) is 16.7. The van der Waals surface area contributed by atoms with Crippen LogP contribution in [-0.4, -0.2) is 22.7 Å². The number of carboxylic acids is 1. The number of aliphatic carboxylic acids is 1. The van der Waals surface area contributed by atoms with Gasteiger partial charge in [0.15, 0.2) is 0 Å². The highest BCUT2D eigenvalue weighted by atomic mass is 16.4. The number of hydrogen-bond donors (Lipinski definition) is 2. The van der Waals surface area contributed by atoms with Gasteiger partial charge in [-0.3, -0.25) is 10.1 Å². The molecule has 0 radical (unpaired) electrons. The molecular weight excluding hydrogens is 166 g/mol. The van der Waals surface area contributed by atoms with Gasteiger partial charge in [0.1, 0.15) is 5.54 Å². The summed E-state index contributed by atoms with van der Waals surface area (Å²) >= 11 is 0. The molecular formula is C10H21NO2. The average molecular weight is 187 g/mol. The van der Waals surface area contributed by atoms with E-state index in [9.17, 15) is 4.79 Å². The van der Waals surface area contributed by atoms with Gasteiger partial charge >= 0.3 is 5.97 Å². The summed E-state index contributed by atoms with van der Waals surface area (Å²) in [5, 5.41) is 12.0. The number of carbonyl (C=O) groups is 1. The van der Waals surface area contributed by atoms with Crippen molar-refractivity contribution in [2.75, 3.05) is 0 Å². The van der Waals surface area contributed by atoms with Crippen LogP contribution in [0.1, 0.15) is 41.0 Å². The van der Waals surface area contributed by atoms with E-state index in [4.69, 9.17) is 5.11 Å². The minimum absolute atomic E-state index is 0.232. The predicted molar refractivity (Wildman–Crippen MR) is 53.8 cm³/mol. The second kappa shape index (κ2) is 4.61. The molecule has 2 atom stereocenters. The lowest BCUT2D eigenvalue weighted by Crippen LogP contribution is -2.52. The van der Waals surface area contributed by atoms with Crippen LogP contribution in [0.2, 0.25) is 0 Å². The molecule has 0 fully saturated rings. The lowest BCUT2D eigenvalue weighted by Gasteiger charge is -2.29. The van der Waals surface area contributed by atoms with E-state index in [1.165, 1.54) is 0 Å². The molecule has 0 saturated carbocycles. The molecule has 0 amide bonds. The fraction of sp³-hybridized carbons (Fsp3) is 0.900. The minimum atomic E-state index is -0.831. The average Bonchev–Trinajstić information content (AvgIpc) is 2.01. The van der Waals surface area contributed by atoms with E-state index >= 15 is 0 Å². The van der Waals surface area contributed by atoms with E-state index in [1.807, 2.05) is 6.92 Å². The Kier molecular flexibility index (Phi) is 4.40.